The predicted octanol–water partition coefficient (Wildman–Crippen LogP) is 1.99. The minimum absolute atomic E-state index is 0.256. The van der Waals surface area contributed by atoms with E-state index in [9.17, 15) is 4.39 Å². The standard InChI is InChI=1S/C13H14FN3O/c1-18-12-6-3-9(8-11(12)14)2-4-10-5-7-13(15)17-16-10/h3,5-8H,2,4H2,1H3,(H2,15,17). The number of nitrogens with two attached hydrogens (primary N) is 1. The van der Waals surface area contributed by atoms with Crippen molar-refractivity contribution in [2.45, 2.75) is 12.8 Å². The van der Waals surface area contributed by atoms with Gasteiger partial charge in [-0.15, -0.1) is 5.10 Å². The lowest BCUT2D eigenvalue weighted by Gasteiger charge is -2.05. The largest absolute Gasteiger partial charge is 0.494 e. The van der Waals surface area contributed by atoms with Gasteiger partial charge in [-0.05, 0) is 42.7 Å². The number of rotatable bonds is 4. The number of nitrogen functional groups attached to an aromatic ring is 1. The van der Waals surface area contributed by atoms with E-state index in [2.05, 4.69) is 10.2 Å². The number of nitrogens with zero attached hydrogens (tertiary/aromatic N) is 2. The molecule has 2 rings (SSSR count). The fraction of sp³-hybridized carbons (Fsp3) is 0.231. The molecule has 0 unspecified atom stereocenters. The lowest BCUT2D eigenvalue weighted by Crippen LogP contribution is -1.99. The summed E-state index contributed by atoms with van der Waals surface area (Å²) in [4.78, 5) is 0. The third-order valence-corrected chi connectivity index (χ3v) is 2.63. The summed E-state index contributed by atoms with van der Waals surface area (Å²) in [5.41, 5.74) is 7.18. The summed E-state index contributed by atoms with van der Waals surface area (Å²) in [5.74, 6) is 0.304. The molecule has 0 saturated heterocycles. The Bertz CT molecular complexity index is 528. The van der Waals surface area contributed by atoms with Gasteiger partial charge in [-0.25, -0.2) is 4.39 Å². The zero-order chi connectivity index (χ0) is 13.0. The lowest BCUT2D eigenvalue weighted by molar-refractivity contribution is 0.386. The summed E-state index contributed by atoms with van der Waals surface area (Å²) >= 11 is 0. The van der Waals surface area contributed by atoms with E-state index in [0.29, 0.717) is 18.7 Å². The van der Waals surface area contributed by atoms with Crippen molar-refractivity contribution >= 4 is 5.82 Å². The number of hydrogen-bond donors (Lipinski definition) is 1. The first-order valence-electron chi connectivity index (χ1n) is 5.59. The molecule has 0 amide bonds. The molecule has 1 heterocycles. The summed E-state index contributed by atoms with van der Waals surface area (Å²) in [7, 11) is 1.45. The zero-order valence-electron chi connectivity index (χ0n) is 10.1. The molecule has 4 nitrogen and oxygen atoms in total. The Labute approximate surface area is 105 Å². The second-order valence-electron chi connectivity index (χ2n) is 3.92. The van der Waals surface area contributed by atoms with Crippen LogP contribution < -0.4 is 10.5 Å². The van der Waals surface area contributed by atoms with Crippen LogP contribution in [0.15, 0.2) is 30.3 Å². The Morgan fingerprint density at radius 3 is 2.61 bits per heavy atom. The minimum Gasteiger partial charge on any atom is -0.494 e. The fourth-order valence-corrected chi connectivity index (χ4v) is 1.64. The van der Waals surface area contributed by atoms with Gasteiger partial charge in [0.25, 0.3) is 0 Å². The molecule has 0 bridgehead atoms. The van der Waals surface area contributed by atoms with Crippen molar-refractivity contribution in [2.75, 3.05) is 12.8 Å². The molecular weight excluding hydrogens is 233 g/mol. The van der Waals surface area contributed by atoms with Crippen LogP contribution in [0.2, 0.25) is 0 Å². The van der Waals surface area contributed by atoms with Crippen molar-refractivity contribution in [3.05, 3.63) is 47.4 Å². The monoisotopic (exact) mass is 247 g/mol. The third kappa shape index (κ3) is 2.94. The lowest BCUT2D eigenvalue weighted by atomic mass is 10.1. The van der Waals surface area contributed by atoms with Crippen molar-refractivity contribution in [1.82, 2.24) is 10.2 Å². The van der Waals surface area contributed by atoms with Crippen molar-refractivity contribution in [2.24, 2.45) is 0 Å². The number of methoxy groups -OCH3 is 1. The number of aryl methyl sites for hydroxylation is 2. The van der Waals surface area contributed by atoms with E-state index in [1.165, 1.54) is 13.2 Å². The van der Waals surface area contributed by atoms with Crippen LogP contribution in [0.1, 0.15) is 11.3 Å². The highest BCUT2D eigenvalue weighted by Gasteiger charge is 2.04. The number of benzene rings is 1. The van der Waals surface area contributed by atoms with Gasteiger partial charge in [0.2, 0.25) is 0 Å². The van der Waals surface area contributed by atoms with Gasteiger partial charge >= 0.3 is 0 Å². The first kappa shape index (κ1) is 12.3. The van der Waals surface area contributed by atoms with Crippen molar-refractivity contribution in [1.29, 1.82) is 0 Å². The quantitative estimate of drug-likeness (QED) is 0.897. The Kier molecular flexibility index (Phi) is 3.72. The van der Waals surface area contributed by atoms with Crippen LogP contribution >= 0.6 is 0 Å². The molecule has 0 aliphatic rings. The van der Waals surface area contributed by atoms with Crippen LogP contribution in [0.5, 0.6) is 5.75 Å². The maximum absolute atomic E-state index is 13.5. The molecule has 0 spiro atoms. The van der Waals surface area contributed by atoms with Gasteiger partial charge < -0.3 is 10.5 Å². The summed E-state index contributed by atoms with van der Waals surface area (Å²) in [6.07, 6.45) is 1.39. The van der Waals surface area contributed by atoms with Crippen LogP contribution in [0, 0.1) is 5.82 Å². The minimum atomic E-state index is -0.349. The predicted molar refractivity (Wildman–Crippen MR) is 66.8 cm³/mol. The summed E-state index contributed by atoms with van der Waals surface area (Å²) in [6, 6.07) is 8.47. The first-order chi connectivity index (χ1) is 8.69. The second kappa shape index (κ2) is 5.44. The van der Waals surface area contributed by atoms with Gasteiger partial charge in [0, 0.05) is 0 Å². The van der Waals surface area contributed by atoms with E-state index in [1.54, 1.807) is 12.1 Å². The van der Waals surface area contributed by atoms with E-state index >= 15 is 0 Å². The molecule has 2 N–H and O–H groups in total. The van der Waals surface area contributed by atoms with Gasteiger partial charge in [0.15, 0.2) is 11.6 Å². The molecule has 18 heavy (non-hydrogen) atoms. The highest BCUT2D eigenvalue weighted by atomic mass is 19.1. The van der Waals surface area contributed by atoms with Crippen LogP contribution in [-0.4, -0.2) is 17.3 Å². The number of aromatic nitrogens is 2. The molecule has 2 aromatic rings. The SMILES string of the molecule is COc1ccc(CCc2ccc(N)nn2)cc1F. The normalized spacial score (nSPS) is 10.3. The van der Waals surface area contributed by atoms with Gasteiger partial charge in [0.1, 0.15) is 5.82 Å². The first-order valence-corrected chi connectivity index (χ1v) is 5.59. The number of anilines is 1. The Morgan fingerprint density at radius 1 is 1.17 bits per heavy atom. The fourth-order valence-electron chi connectivity index (χ4n) is 1.64. The van der Waals surface area contributed by atoms with Crippen molar-refractivity contribution in [3.63, 3.8) is 0 Å². The molecule has 5 heteroatoms. The number of hydrogen-bond acceptors (Lipinski definition) is 4. The van der Waals surface area contributed by atoms with E-state index < -0.39 is 0 Å². The summed E-state index contributed by atoms with van der Waals surface area (Å²) in [5, 5.41) is 7.73. The molecule has 0 fully saturated rings. The number of ether oxygens (including phenoxy) is 1. The van der Waals surface area contributed by atoms with Gasteiger partial charge in [0.05, 0.1) is 12.8 Å². The van der Waals surface area contributed by atoms with Gasteiger partial charge in [-0.2, -0.15) is 5.10 Å². The number of halogens is 1. The summed E-state index contributed by atoms with van der Waals surface area (Å²) < 4.78 is 18.3. The average Bonchev–Trinajstić information content (AvgIpc) is 2.38. The molecule has 0 saturated carbocycles. The van der Waals surface area contributed by atoms with Crippen LogP contribution in [-0.2, 0) is 12.8 Å². The molecule has 1 aromatic carbocycles. The van der Waals surface area contributed by atoms with E-state index in [1.807, 2.05) is 12.1 Å². The molecular formula is C13H14FN3O. The average molecular weight is 247 g/mol. The highest BCUT2D eigenvalue weighted by Crippen LogP contribution is 2.18. The topological polar surface area (TPSA) is 61.0 Å². The molecule has 0 aliphatic carbocycles. The van der Waals surface area contributed by atoms with Crippen LogP contribution in [0.25, 0.3) is 0 Å². The highest BCUT2D eigenvalue weighted by molar-refractivity contribution is 5.30. The molecule has 0 aliphatic heterocycles. The van der Waals surface area contributed by atoms with Gasteiger partial charge in [-0.1, -0.05) is 6.07 Å². The third-order valence-electron chi connectivity index (χ3n) is 2.63. The second-order valence-corrected chi connectivity index (χ2v) is 3.92. The molecule has 1 aromatic heterocycles. The Balaban J connectivity index is 2.02. The smallest absolute Gasteiger partial charge is 0.165 e. The van der Waals surface area contributed by atoms with Crippen LogP contribution in [0.4, 0.5) is 10.2 Å². The Morgan fingerprint density at radius 2 is 2.00 bits per heavy atom. The van der Waals surface area contributed by atoms with Gasteiger partial charge in [-0.3, -0.25) is 0 Å². The van der Waals surface area contributed by atoms with Crippen LogP contribution in [0.3, 0.4) is 0 Å². The molecule has 0 atom stereocenters. The molecule has 0 radical (unpaired) electrons. The maximum atomic E-state index is 13.5. The van der Waals surface area contributed by atoms with Crippen molar-refractivity contribution in [3.8, 4) is 5.75 Å². The maximum Gasteiger partial charge on any atom is 0.165 e. The van der Waals surface area contributed by atoms with E-state index in [4.69, 9.17) is 10.5 Å². The van der Waals surface area contributed by atoms with E-state index in [-0.39, 0.29) is 11.6 Å². The van der Waals surface area contributed by atoms with E-state index in [0.717, 1.165) is 11.3 Å². The molecule has 94 valence electrons. The van der Waals surface area contributed by atoms with Crippen molar-refractivity contribution < 1.29 is 9.13 Å². The zero-order valence-corrected chi connectivity index (χ0v) is 10.1. The Hall–Kier alpha value is -2.17. The summed E-state index contributed by atoms with van der Waals surface area (Å²) in [6.45, 7) is 0.